The van der Waals surface area contributed by atoms with Crippen molar-refractivity contribution < 1.29 is 9.53 Å². The summed E-state index contributed by atoms with van der Waals surface area (Å²) in [7, 11) is 2.26. The molecule has 5 fully saturated rings. The monoisotopic (exact) mass is 400 g/mol. The molecule has 0 amide bonds. The maximum absolute atomic E-state index is 13.0. The van der Waals surface area contributed by atoms with Crippen LogP contribution >= 0.6 is 0 Å². The molecule has 162 valence electrons. The predicted molar refractivity (Wildman–Crippen MR) is 115 cm³/mol. The summed E-state index contributed by atoms with van der Waals surface area (Å²) < 4.78 is 6.03. The Kier molecular flexibility index (Phi) is 4.54. The van der Waals surface area contributed by atoms with Gasteiger partial charge in [-0.15, -0.1) is 0 Å². The second-order valence-electron chi connectivity index (χ2n) is 12.5. The second kappa shape index (κ2) is 6.56. The van der Waals surface area contributed by atoms with Crippen LogP contribution in [-0.4, -0.2) is 61.6 Å². The van der Waals surface area contributed by atoms with Crippen molar-refractivity contribution in [3.63, 3.8) is 0 Å². The van der Waals surface area contributed by atoms with E-state index in [9.17, 15) is 4.79 Å². The summed E-state index contributed by atoms with van der Waals surface area (Å²) in [6.45, 7) is 17.2. The molecule has 3 heterocycles. The van der Waals surface area contributed by atoms with Gasteiger partial charge in [0.25, 0.3) is 0 Å². The lowest BCUT2D eigenvalue weighted by Gasteiger charge is -2.56. The Balaban J connectivity index is 1.33. The SMILES string of the molecule is C=C1CCC[C@]2(C)C[C@H]3OC(=O)C(CN4CC5(C)CN(C)CC(C)(C4)C5)[C@H]3C[C@@H]12. The lowest BCUT2D eigenvalue weighted by atomic mass is 9.55. The molecule has 0 N–H and O–H groups in total. The van der Waals surface area contributed by atoms with Crippen molar-refractivity contribution in [2.45, 2.75) is 65.4 Å². The third kappa shape index (κ3) is 3.39. The zero-order valence-electron chi connectivity index (χ0n) is 19.0. The Bertz CT molecular complexity index is 702. The van der Waals surface area contributed by atoms with Crippen LogP contribution in [0.3, 0.4) is 0 Å². The van der Waals surface area contributed by atoms with Crippen molar-refractivity contribution in [1.29, 1.82) is 0 Å². The molecule has 2 aliphatic carbocycles. The Morgan fingerprint density at radius 1 is 1.14 bits per heavy atom. The van der Waals surface area contributed by atoms with Gasteiger partial charge in [-0.2, -0.15) is 0 Å². The Morgan fingerprint density at radius 3 is 2.52 bits per heavy atom. The number of nitrogens with zero attached hydrogens (tertiary/aromatic N) is 2. The van der Waals surface area contributed by atoms with Crippen molar-refractivity contribution >= 4 is 5.97 Å². The van der Waals surface area contributed by atoms with Gasteiger partial charge in [0.05, 0.1) is 5.92 Å². The fourth-order valence-corrected chi connectivity index (χ4v) is 8.72. The summed E-state index contributed by atoms with van der Waals surface area (Å²) in [6, 6.07) is 0. The van der Waals surface area contributed by atoms with E-state index in [1.165, 1.54) is 44.3 Å². The normalized spacial score (nSPS) is 50.8. The van der Waals surface area contributed by atoms with Crippen molar-refractivity contribution in [3.8, 4) is 0 Å². The van der Waals surface area contributed by atoms with E-state index in [1.807, 2.05) is 0 Å². The maximum Gasteiger partial charge on any atom is 0.310 e. The summed E-state index contributed by atoms with van der Waals surface area (Å²) in [5.74, 6) is 1.11. The molecule has 3 unspecified atom stereocenters. The van der Waals surface area contributed by atoms with Crippen LogP contribution in [0.15, 0.2) is 12.2 Å². The van der Waals surface area contributed by atoms with Gasteiger partial charge in [-0.05, 0) is 67.7 Å². The number of esters is 1. The third-order valence-electron chi connectivity index (χ3n) is 9.14. The fourth-order valence-electron chi connectivity index (χ4n) is 8.72. The molecule has 0 radical (unpaired) electrons. The van der Waals surface area contributed by atoms with E-state index >= 15 is 0 Å². The first kappa shape index (κ1) is 20.1. The van der Waals surface area contributed by atoms with E-state index in [0.29, 0.717) is 28.1 Å². The quantitative estimate of drug-likeness (QED) is 0.519. The number of ether oxygens (including phenoxy) is 1. The molecule has 3 aliphatic heterocycles. The molecule has 0 aromatic heterocycles. The summed E-state index contributed by atoms with van der Waals surface area (Å²) in [5.41, 5.74) is 2.40. The number of fused-ring (bicyclic) bond motifs is 4. The molecule has 0 spiro atoms. The fraction of sp³-hybridized carbons (Fsp3) is 0.880. The maximum atomic E-state index is 13.0. The first-order valence-corrected chi connectivity index (χ1v) is 11.9. The topological polar surface area (TPSA) is 32.8 Å². The standard InChI is InChI=1S/C25H40N2O2/c1-17-7-6-8-25(4)10-21-18(9-20(17)25)19(22(28)29-21)11-27-15-23(2)12-24(3,16-27)14-26(5)13-23/h18-21H,1,6-16H2,2-5H3/t18-,19?,20+,21-,23?,24?,25-/m1/s1. The molecule has 5 aliphatic rings. The van der Waals surface area contributed by atoms with Crippen molar-refractivity contribution in [3.05, 3.63) is 12.2 Å². The predicted octanol–water partition coefficient (Wildman–Crippen LogP) is 3.96. The minimum Gasteiger partial charge on any atom is -0.462 e. The molecule has 4 heteroatoms. The van der Waals surface area contributed by atoms with Crippen LogP contribution < -0.4 is 0 Å². The summed E-state index contributed by atoms with van der Waals surface area (Å²) in [6.07, 6.45) is 7.29. The number of piperidine rings is 2. The van der Waals surface area contributed by atoms with E-state index in [4.69, 9.17) is 4.74 Å². The van der Waals surface area contributed by atoms with Crippen molar-refractivity contribution in [1.82, 2.24) is 9.80 Å². The lowest BCUT2D eigenvalue weighted by molar-refractivity contribution is -0.147. The third-order valence-corrected chi connectivity index (χ3v) is 9.14. The van der Waals surface area contributed by atoms with Crippen LogP contribution in [-0.2, 0) is 9.53 Å². The van der Waals surface area contributed by atoms with Crippen LogP contribution in [0.4, 0.5) is 0 Å². The van der Waals surface area contributed by atoms with Gasteiger partial charge >= 0.3 is 5.97 Å². The van der Waals surface area contributed by atoms with Crippen LogP contribution in [0, 0.1) is 34.0 Å². The molecule has 3 saturated heterocycles. The summed E-state index contributed by atoms with van der Waals surface area (Å²) in [5, 5.41) is 0. The molecule has 4 nitrogen and oxygen atoms in total. The van der Waals surface area contributed by atoms with Gasteiger partial charge in [0, 0.05) is 38.6 Å². The number of likely N-dealkylation sites (tertiary alicyclic amines) is 2. The number of hydrogen-bond donors (Lipinski definition) is 0. The van der Waals surface area contributed by atoms with Gasteiger partial charge in [0.15, 0.2) is 0 Å². The highest BCUT2D eigenvalue weighted by Gasteiger charge is 2.56. The number of rotatable bonds is 2. The van der Waals surface area contributed by atoms with Crippen molar-refractivity contribution in [2.75, 3.05) is 39.8 Å². The van der Waals surface area contributed by atoms with Gasteiger partial charge < -0.3 is 14.5 Å². The second-order valence-corrected chi connectivity index (χ2v) is 12.5. The van der Waals surface area contributed by atoms with Crippen LogP contribution in [0.25, 0.3) is 0 Å². The van der Waals surface area contributed by atoms with Gasteiger partial charge in [0.1, 0.15) is 6.10 Å². The van der Waals surface area contributed by atoms with Crippen LogP contribution in [0.2, 0.25) is 0 Å². The van der Waals surface area contributed by atoms with Crippen LogP contribution in [0.5, 0.6) is 0 Å². The Morgan fingerprint density at radius 2 is 1.83 bits per heavy atom. The van der Waals surface area contributed by atoms with Crippen LogP contribution in [0.1, 0.15) is 59.3 Å². The molecule has 2 saturated carbocycles. The average molecular weight is 401 g/mol. The van der Waals surface area contributed by atoms with E-state index in [2.05, 4.69) is 44.2 Å². The number of carbonyl (C=O) groups excluding carboxylic acids is 1. The number of allylic oxidation sites excluding steroid dienone is 1. The van der Waals surface area contributed by atoms with E-state index < -0.39 is 0 Å². The molecule has 7 atom stereocenters. The van der Waals surface area contributed by atoms with Gasteiger partial charge in [-0.1, -0.05) is 32.9 Å². The first-order chi connectivity index (χ1) is 13.6. The van der Waals surface area contributed by atoms with E-state index in [0.717, 1.165) is 32.5 Å². The number of carbonyl (C=O) groups is 1. The van der Waals surface area contributed by atoms with Gasteiger partial charge in [-0.25, -0.2) is 0 Å². The lowest BCUT2D eigenvalue weighted by Crippen LogP contribution is -2.62. The molecule has 0 aromatic rings. The minimum absolute atomic E-state index is 0.0584. The van der Waals surface area contributed by atoms with E-state index in [-0.39, 0.29) is 18.0 Å². The summed E-state index contributed by atoms with van der Waals surface area (Å²) in [4.78, 5) is 18.1. The Labute approximate surface area is 177 Å². The molecule has 2 bridgehead atoms. The molecular weight excluding hydrogens is 360 g/mol. The minimum atomic E-state index is 0.0584. The van der Waals surface area contributed by atoms with E-state index in [1.54, 1.807) is 0 Å². The summed E-state index contributed by atoms with van der Waals surface area (Å²) >= 11 is 0. The zero-order chi connectivity index (χ0) is 20.6. The van der Waals surface area contributed by atoms with Gasteiger partial charge in [0.2, 0.25) is 0 Å². The molecule has 29 heavy (non-hydrogen) atoms. The molecular formula is C25H40N2O2. The Hall–Kier alpha value is -0.870. The highest BCUT2D eigenvalue weighted by molar-refractivity contribution is 5.75. The average Bonchev–Trinajstić information content (AvgIpc) is 2.84. The number of hydrogen-bond acceptors (Lipinski definition) is 4. The van der Waals surface area contributed by atoms with Gasteiger partial charge in [-0.3, -0.25) is 4.79 Å². The largest absolute Gasteiger partial charge is 0.462 e. The highest BCUT2D eigenvalue weighted by Crippen LogP contribution is 2.57. The zero-order valence-corrected chi connectivity index (χ0v) is 19.0. The first-order valence-electron chi connectivity index (χ1n) is 11.9. The molecule has 0 aromatic carbocycles. The smallest absolute Gasteiger partial charge is 0.310 e. The highest BCUT2D eigenvalue weighted by atomic mass is 16.6. The van der Waals surface area contributed by atoms with Crippen molar-refractivity contribution in [2.24, 2.45) is 34.0 Å². The molecule has 5 rings (SSSR count).